The summed E-state index contributed by atoms with van der Waals surface area (Å²) in [6, 6.07) is 13.1. The highest BCUT2D eigenvalue weighted by atomic mass is 35.5. The maximum absolute atomic E-state index is 6.23. The molecule has 0 aliphatic heterocycles. The average Bonchev–Trinajstić information content (AvgIpc) is 2.95. The van der Waals surface area contributed by atoms with Gasteiger partial charge in [0.2, 0.25) is 0 Å². The molecule has 0 bridgehead atoms. The van der Waals surface area contributed by atoms with Crippen LogP contribution >= 0.6 is 11.6 Å². The van der Waals surface area contributed by atoms with Gasteiger partial charge in [0.15, 0.2) is 0 Å². The van der Waals surface area contributed by atoms with Crippen LogP contribution in [0.4, 0.5) is 0 Å². The van der Waals surface area contributed by atoms with Gasteiger partial charge in [0.1, 0.15) is 0 Å². The first-order chi connectivity index (χ1) is 10.2. The van der Waals surface area contributed by atoms with Gasteiger partial charge in [-0.3, -0.25) is 11.3 Å². The monoisotopic (exact) mass is 300 g/mol. The lowest BCUT2D eigenvalue weighted by Gasteiger charge is -2.18. The smallest absolute Gasteiger partial charge is 0.0500 e. The van der Waals surface area contributed by atoms with Crippen LogP contribution in [0.3, 0.4) is 0 Å². The topological polar surface area (TPSA) is 38.0 Å². The Morgan fingerprint density at radius 2 is 1.95 bits per heavy atom. The number of benzene rings is 2. The van der Waals surface area contributed by atoms with Crippen molar-refractivity contribution < 1.29 is 0 Å². The minimum Gasteiger partial charge on any atom is -0.271 e. The van der Waals surface area contributed by atoms with E-state index in [1.165, 1.54) is 36.0 Å². The van der Waals surface area contributed by atoms with Crippen LogP contribution in [-0.2, 0) is 19.3 Å². The molecule has 2 aromatic rings. The quantitative estimate of drug-likeness (QED) is 0.664. The van der Waals surface area contributed by atoms with E-state index in [4.69, 9.17) is 17.4 Å². The Balaban J connectivity index is 1.82. The van der Waals surface area contributed by atoms with Crippen molar-refractivity contribution >= 4 is 11.6 Å². The molecule has 1 unspecified atom stereocenters. The van der Waals surface area contributed by atoms with Crippen molar-refractivity contribution in [1.82, 2.24) is 5.43 Å². The highest BCUT2D eigenvalue weighted by Gasteiger charge is 2.15. The second kappa shape index (κ2) is 6.18. The highest BCUT2D eigenvalue weighted by Crippen LogP contribution is 2.27. The summed E-state index contributed by atoms with van der Waals surface area (Å²) in [7, 11) is 0. The largest absolute Gasteiger partial charge is 0.271 e. The van der Waals surface area contributed by atoms with Crippen LogP contribution in [0.1, 0.15) is 40.3 Å². The summed E-state index contributed by atoms with van der Waals surface area (Å²) in [6.45, 7) is 2.01. The van der Waals surface area contributed by atoms with Crippen LogP contribution < -0.4 is 11.3 Å². The number of aryl methyl sites for hydroxylation is 3. The number of hydrogen-bond acceptors (Lipinski definition) is 2. The minimum atomic E-state index is 0.0857. The lowest BCUT2D eigenvalue weighted by atomic mass is 9.96. The van der Waals surface area contributed by atoms with Gasteiger partial charge in [-0.2, -0.15) is 0 Å². The van der Waals surface area contributed by atoms with Crippen LogP contribution in [0.15, 0.2) is 36.4 Å². The van der Waals surface area contributed by atoms with E-state index >= 15 is 0 Å². The molecule has 0 radical (unpaired) electrons. The number of nitrogens with one attached hydrogen (secondary N) is 1. The van der Waals surface area contributed by atoms with Gasteiger partial charge >= 0.3 is 0 Å². The Kier molecular flexibility index (Phi) is 4.29. The third-order valence-electron chi connectivity index (χ3n) is 4.40. The molecule has 3 N–H and O–H groups in total. The fourth-order valence-electron chi connectivity index (χ4n) is 3.09. The zero-order valence-corrected chi connectivity index (χ0v) is 13.1. The molecule has 0 spiro atoms. The van der Waals surface area contributed by atoms with E-state index in [2.05, 4.69) is 29.7 Å². The van der Waals surface area contributed by atoms with E-state index in [1.807, 2.05) is 19.1 Å². The maximum atomic E-state index is 6.23. The van der Waals surface area contributed by atoms with E-state index in [0.29, 0.717) is 0 Å². The molecule has 3 rings (SSSR count). The fourth-order valence-corrected chi connectivity index (χ4v) is 3.28. The van der Waals surface area contributed by atoms with Gasteiger partial charge in [-0.05, 0) is 66.5 Å². The lowest BCUT2D eigenvalue weighted by Crippen LogP contribution is -2.29. The molecule has 0 heterocycles. The molecule has 0 amide bonds. The van der Waals surface area contributed by atoms with E-state index in [9.17, 15) is 0 Å². The van der Waals surface area contributed by atoms with Gasteiger partial charge in [-0.15, -0.1) is 0 Å². The van der Waals surface area contributed by atoms with Crippen molar-refractivity contribution in [3.05, 3.63) is 69.2 Å². The minimum absolute atomic E-state index is 0.0857. The molecular formula is C18H21ClN2. The average molecular weight is 301 g/mol. The molecule has 2 nitrogen and oxygen atoms in total. The van der Waals surface area contributed by atoms with Crippen molar-refractivity contribution in [3.8, 4) is 0 Å². The highest BCUT2D eigenvalue weighted by molar-refractivity contribution is 6.31. The fraction of sp³-hybridized carbons (Fsp3) is 0.333. The number of hydrogen-bond donors (Lipinski definition) is 2. The zero-order valence-electron chi connectivity index (χ0n) is 12.3. The van der Waals surface area contributed by atoms with Gasteiger partial charge < -0.3 is 0 Å². The van der Waals surface area contributed by atoms with E-state index in [1.54, 1.807) is 0 Å². The van der Waals surface area contributed by atoms with Gasteiger partial charge in [-0.1, -0.05) is 41.9 Å². The standard InChI is InChI=1S/C18H21ClN2/c1-12-5-7-16(11-17(12)19)18(21-20)10-13-6-8-14-3-2-4-15(14)9-13/h5-9,11,18,21H,2-4,10,20H2,1H3. The van der Waals surface area contributed by atoms with E-state index < -0.39 is 0 Å². The summed E-state index contributed by atoms with van der Waals surface area (Å²) in [6.07, 6.45) is 4.59. The molecule has 1 aliphatic carbocycles. The molecule has 1 aliphatic rings. The molecular weight excluding hydrogens is 280 g/mol. The van der Waals surface area contributed by atoms with Crippen molar-refractivity contribution in [3.63, 3.8) is 0 Å². The van der Waals surface area contributed by atoms with Crippen molar-refractivity contribution in [2.75, 3.05) is 0 Å². The molecule has 1 atom stereocenters. The number of hydrazine groups is 1. The third-order valence-corrected chi connectivity index (χ3v) is 4.81. The SMILES string of the molecule is Cc1ccc(C(Cc2ccc3c(c2)CCC3)NN)cc1Cl. The number of nitrogens with two attached hydrogens (primary N) is 1. The van der Waals surface area contributed by atoms with Gasteiger partial charge in [0.25, 0.3) is 0 Å². The Hall–Kier alpha value is -1.35. The number of fused-ring (bicyclic) bond motifs is 1. The first-order valence-corrected chi connectivity index (χ1v) is 7.88. The van der Waals surface area contributed by atoms with Crippen LogP contribution in [0.2, 0.25) is 5.02 Å². The zero-order chi connectivity index (χ0) is 14.8. The summed E-state index contributed by atoms with van der Waals surface area (Å²) in [5, 5.41) is 0.793. The van der Waals surface area contributed by atoms with E-state index in [0.717, 1.165) is 22.6 Å². The Labute approximate surface area is 131 Å². The first kappa shape index (κ1) is 14.6. The molecule has 0 fully saturated rings. The van der Waals surface area contributed by atoms with Gasteiger partial charge in [0, 0.05) is 5.02 Å². The molecule has 0 saturated carbocycles. The van der Waals surface area contributed by atoms with Crippen LogP contribution in [-0.4, -0.2) is 0 Å². The Morgan fingerprint density at radius 3 is 2.71 bits per heavy atom. The summed E-state index contributed by atoms with van der Waals surface area (Å²) in [4.78, 5) is 0. The van der Waals surface area contributed by atoms with Crippen LogP contribution in [0.5, 0.6) is 0 Å². The predicted octanol–water partition coefficient (Wildman–Crippen LogP) is 3.88. The van der Waals surface area contributed by atoms with Crippen LogP contribution in [0, 0.1) is 6.92 Å². The summed E-state index contributed by atoms with van der Waals surface area (Å²) in [5.74, 6) is 5.76. The second-order valence-corrected chi connectivity index (χ2v) is 6.30. The Bertz CT molecular complexity index is 652. The van der Waals surface area contributed by atoms with Crippen molar-refractivity contribution in [2.45, 2.75) is 38.6 Å². The molecule has 0 aromatic heterocycles. The lowest BCUT2D eigenvalue weighted by molar-refractivity contribution is 0.551. The number of rotatable bonds is 4. The molecule has 0 saturated heterocycles. The van der Waals surface area contributed by atoms with Crippen LogP contribution in [0.25, 0.3) is 0 Å². The molecule has 110 valence electrons. The first-order valence-electron chi connectivity index (χ1n) is 7.50. The maximum Gasteiger partial charge on any atom is 0.0500 e. The van der Waals surface area contributed by atoms with Crippen molar-refractivity contribution in [1.29, 1.82) is 0 Å². The predicted molar refractivity (Wildman–Crippen MR) is 88.4 cm³/mol. The Morgan fingerprint density at radius 1 is 1.14 bits per heavy atom. The summed E-state index contributed by atoms with van der Waals surface area (Å²) >= 11 is 6.23. The molecule has 2 aromatic carbocycles. The second-order valence-electron chi connectivity index (χ2n) is 5.89. The summed E-state index contributed by atoms with van der Waals surface area (Å²) < 4.78 is 0. The van der Waals surface area contributed by atoms with E-state index in [-0.39, 0.29) is 6.04 Å². The molecule has 3 heteroatoms. The molecule has 21 heavy (non-hydrogen) atoms. The number of halogens is 1. The van der Waals surface area contributed by atoms with Gasteiger partial charge in [-0.25, -0.2) is 0 Å². The van der Waals surface area contributed by atoms with Crippen molar-refractivity contribution in [2.24, 2.45) is 5.84 Å². The normalized spacial score (nSPS) is 15.0. The van der Waals surface area contributed by atoms with Gasteiger partial charge in [0.05, 0.1) is 6.04 Å². The third kappa shape index (κ3) is 3.13. The summed E-state index contributed by atoms with van der Waals surface area (Å²) in [5.41, 5.74) is 9.49.